The smallest absolute Gasteiger partial charge is 0.267 e. The Morgan fingerprint density at radius 1 is 1.40 bits per heavy atom. The molecule has 4 heteroatoms. The predicted octanol–water partition coefficient (Wildman–Crippen LogP) is 0.895. The summed E-state index contributed by atoms with van der Waals surface area (Å²) >= 11 is 0. The Bertz CT molecular complexity index is 425. The van der Waals surface area contributed by atoms with E-state index in [-0.39, 0.29) is 11.8 Å². The van der Waals surface area contributed by atoms with Crippen LogP contribution in [0.15, 0.2) is 42.6 Å². The molecule has 0 bridgehead atoms. The molecule has 1 aliphatic carbocycles. The molecule has 0 atom stereocenters. The Morgan fingerprint density at radius 2 is 2.13 bits per heavy atom. The summed E-state index contributed by atoms with van der Waals surface area (Å²) in [6.45, 7) is 0. The van der Waals surface area contributed by atoms with Crippen molar-refractivity contribution < 1.29 is 4.79 Å². The summed E-state index contributed by atoms with van der Waals surface area (Å²) in [5, 5.41) is 0. The van der Waals surface area contributed by atoms with Gasteiger partial charge in [-0.05, 0) is 12.1 Å². The Kier molecular flexibility index (Phi) is 2.60. The first-order chi connectivity index (χ1) is 7.33. The lowest BCUT2D eigenvalue weighted by atomic mass is 10.0. The molecule has 1 amide bonds. The molecule has 0 aromatic carbocycles. The molecule has 0 saturated carbocycles. The van der Waals surface area contributed by atoms with Gasteiger partial charge in [0.25, 0.3) is 5.91 Å². The van der Waals surface area contributed by atoms with Crippen molar-refractivity contribution in [3.8, 4) is 0 Å². The molecule has 4 nitrogen and oxygen atoms in total. The fourth-order valence-corrected chi connectivity index (χ4v) is 1.57. The van der Waals surface area contributed by atoms with Crippen molar-refractivity contribution in [3.05, 3.63) is 53.9 Å². The van der Waals surface area contributed by atoms with E-state index in [9.17, 15) is 4.79 Å². The summed E-state index contributed by atoms with van der Waals surface area (Å²) in [6, 6.07) is 3.43. The molecular weight excluding hydrogens is 190 g/mol. The third kappa shape index (κ3) is 1.80. The summed E-state index contributed by atoms with van der Waals surface area (Å²) in [4.78, 5) is 15.7. The Hall–Kier alpha value is -1.94. The van der Waals surface area contributed by atoms with E-state index in [4.69, 9.17) is 5.84 Å². The van der Waals surface area contributed by atoms with Crippen molar-refractivity contribution in [3.63, 3.8) is 0 Å². The number of nitrogens with one attached hydrogen (secondary N) is 1. The van der Waals surface area contributed by atoms with Gasteiger partial charge in [-0.2, -0.15) is 0 Å². The van der Waals surface area contributed by atoms with Crippen molar-refractivity contribution in [2.45, 2.75) is 5.92 Å². The maximum Gasteiger partial charge on any atom is 0.267 e. The minimum atomic E-state index is -0.313. The molecule has 0 spiro atoms. The number of nitrogens with zero attached hydrogens (tertiary/aromatic N) is 1. The molecule has 1 aromatic heterocycles. The van der Waals surface area contributed by atoms with Gasteiger partial charge in [-0.1, -0.05) is 24.3 Å². The molecule has 76 valence electrons. The van der Waals surface area contributed by atoms with Crippen molar-refractivity contribution in [2.75, 3.05) is 0 Å². The highest BCUT2D eigenvalue weighted by Crippen LogP contribution is 2.23. The molecule has 3 N–H and O–H groups in total. The Balaban J connectivity index is 2.42. The van der Waals surface area contributed by atoms with E-state index in [0.29, 0.717) is 5.56 Å². The zero-order valence-corrected chi connectivity index (χ0v) is 8.05. The van der Waals surface area contributed by atoms with Crippen LogP contribution >= 0.6 is 0 Å². The van der Waals surface area contributed by atoms with Gasteiger partial charge in [0.2, 0.25) is 0 Å². The zero-order chi connectivity index (χ0) is 10.7. The number of hydrazine groups is 1. The van der Waals surface area contributed by atoms with Crippen LogP contribution in [0.4, 0.5) is 0 Å². The van der Waals surface area contributed by atoms with E-state index in [1.165, 1.54) is 0 Å². The number of nitrogens with two attached hydrogens (primary N) is 1. The van der Waals surface area contributed by atoms with Crippen molar-refractivity contribution in [2.24, 2.45) is 5.84 Å². The first-order valence-electron chi connectivity index (χ1n) is 4.64. The highest BCUT2D eigenvalue weighted by molar-refractivity contribution is 5.95. The lowest BCUT2D eigenvalue weighted by Crippen LogP contribution is -2.31. The van der Waals surface area contributed by atoms with Crippen LogP contribution in [-0.2, 0) is 0 Å². The Labute approximate surface area is 87.5 Å². The molecule has 0 unspecified atom stereocenters. The van der Waals surface area contributed by atoms with Crippen molar-refractivity contribution in [1.29, 1.82) is 0 Å². The topological polar surface area (TPSA) is 68.0 Å². The molecule has 15 heavy (non-hydrogen) atoms. The number of carbonyl (C=O) groups excluding carboxylic acids is 1. The van der Waals surface area contributed by atoms with Gasteiger partial charge in [-0.3, -0.25) is 15.2 Å². The average molecular weight is 201 g/mol. The summed E-state index contributed by atoms with van der Waals surface area (Å²) in [5.74, 6) is 4.86. The van der Waals surface area contributed by atoms with Crippen LogP contribution in [0.3, 0.4) is 0 Å². The van der Waals surface area contributed by atoms with Crippen molar-refractivity contribution >= 4 is 5.91 Å². The van der Waals surface area contributed by atoms with Gasteiger partial charge < -0.3 is 0 Å². The number of carbonyl (C=O) groups is 1. The standard InChI is InChI=1S/C11H11N3O/c12-14-11(15)9-6-3-7-13-10(9)8-4-1-2-5-8/h1-8H,12H2,(H,14,15). The summed E-state index contributed by atoms with van der Waals surface area (Å²) in [7, 11) is 0. The third-order valence-electron chi connectivity index (χ3n) is 2.28. The molecule has 1 heterocycles. The second kappa shape index (κ2) is 4.06. The molecule has 0 aliphatic heterocycles. The number of nitrogen functional groups attached to an aromatic ring is 1. The number of hydrogen-bond donors (Lipinski definition) is 2. The normalized spacial score (nSPS) is 14.5. The fourth-order valence-electron chi connectivity index (χ4n) is 1.57. The van der Waals surface area contributed by atoms with Crippen LogP contribution in [0.2, 0.25) is 0 Å². The first kappa shape index (κ1) is 9.61. The maximum atomic E-state index is 11.5. The van der Waals surface area contributed by atoms with E-state index in [1.807, 2.05) is 24.3 Å². The van der Waals surface area contributed by atoms with Gasteiger partial charge in [-0.25, -0.2) is 5.84 Å². The van der Waals surface area contributed by atoms with Crippen LogP contribution in [0.1, 0.15) is 22.0 Å². The summed E-state index contributed by atoms with van der Waals surface area (Å²) < 4.78 is 0. The minimum Gasteiger partial charge on any atom is -0.290 e. The number of aromatic nitrogens is 1. The molecule has 0 saturated heterocycles. The second-order valence-electron chi connectivity index (χ2n) is 3.21. The first-order valence-corrected chi connectivity index (χ1v) is 4.64. The van der Waals surface area contributed by atoms with Crippen molar-refractivity contribution in [1.82, 2.24) is 10.4 Å². The number of rotatable bonds is 2. The van der Waals surface area contributed by atoms with Gasteiger partial charge in [0.1, 0.15) is 0 Å². The van der Waals surface area contributed by atoms with Crippen LogP contribution < -0.4 is 11.3 Å². The maximum absolute atomic E-state index is 11.5. The molecule has 1 aromatic rings. The van der Waals surface area contributed by atoms with Crippen LogP contribution in [0, 0.1) is 0 Å². The van der Waals surface area contributed by atoms with E-state index < -0.39 is 0 Å². The van der Waals surface area contributed by atoms with Gasteiger partial charge >= 0.3 is 0 Å². The highest BCUT2D eigenvalue weighted by atomic mass is 16.2. The van der Waals surface area contributed by atoms with E-state index in [0.717, 1.165) is 5.69 Å². The second-order valence-corrected chi connectivity index (χ2v) is 3.21. The predicted molar refractivity (Wildman–Crippen MR) is 56.9 cm³/mol. The van der Waals surface area contributed by atoms with Crippen LogP contribution in [-0.4, -0.2) is 10.9 Å². The molecule has 0 fully saturated rings. The number of amides is 1. The largest absolute Gasteiger partial charge is 0.290 e. The lowest BCUT2D eigenvalue weighted by Gasteiger charge is -2.09. The molecule has 0 radical (unpaired) electrons. The quantitative estimate of drug-likeness (QED) is 0.424. The summed E-state index contributed by atoms with van der Waals surface area (Å²) in [5.41, 5.74) is 3.36. The van der Waals surface area contributed by atoms with E-state index in [1.54, 1.807) is 18.3 Å². The van der Waals surface area contributed by atoms with Crippen LogP contribution in [0.5, 0.6) is 0 Å². The van der Waals surface area contributed by atoms with Gasteiger partial charge in [-0.15, -0.1) is 0 Å². The zero-order valence-electron chi connectivity index (χ0n) is 8.05. The van der Waals surface area contributed by atoms with E-state index >= 15 is 0 Å². The van der Waals surface area contributed by atoms with Gasteiger partial charge in [0.05, 0.1) is 11.3 Å². The average Bonchev–Trinajstić information content (AvgIpc) is 2.81. The van der Waals surface area contributed by atoms with Crippen LogP contribution in [0.25, 0.3) is 0 Å². The minimum absolute atomic E-state index is 0.0681. The van der Waals surface area contributed by atoms with Gasteiger partial charge in [0.15, 0.2) is 0 Å². The molecular formula is C11H11N3O. The van der Waals surface area contributed by atoms with E-state index in [2.05, 4.69) is 10.4 Å². The Morgan fingerprint density at radius 3 is 2.80 bits per heavy atom. The third-order valence-corrected chi connectivity index (χ3v) is 2.28. The SMILES string of the molecule is NNC(=O)c1cccnc1C1C=CC=C1. The van der Waals surface area contributed by atoms with Gasteiger partial charge in [0, 0.05) is 12.1 Å². The molecule has 2 rings (SSSR count). The lowest BCUT2D eigenvalue weighted by molar-refractivity contribution is 0.0952. The number of pyridine rings is 1. The summed E-state index contributed by atoms with van der Waals surface area (Å²) in [6.07, 6.45) is 9.50. The number of allylic oxidation sites excluding steroid dienone is 4. The highest BCUT2D eigenvalue weighted by Gasteiger charge is 2.17. The fraction of sp³-hybridized carbons (Fsp3) is 0.0909. The number of hydrogen-bond acceptors (Lipinski definition) is 3. The molecule has 1 aliphatic rings. The monoisotopic (exact) mass is 201 g/mol.